The van der Waals surface area contributed by atoms with Gasteiger partial charge in [0.15, 0.2) is 5.75 Å². The number of anilines is 1. The van der Waals surface area contributed by atoms with Crippen molar-refractivity contribution < 1.29 is 19.5 Å². The van der Waals surface area contributed by atoms with Crippen LogP contribution in [0.1, 0.15) is 41.6 Å². The predicted molar refractivity (Wildman–Crippen MR) is 124 cm³/mol. The van der Waals surface area contributed by atoms with Gasteiger partial charge in [0, 0.05) is 20.1 Å². The highest BCUT2D eigenvalue weighted by Gasteiger charge is 2.40. The molecule has 1 heterocycles. The van der Waals surface area contributed by atoms with Gasteiger partial charge in [-0.1, -0.05) is 49.2 Å². The molecule has 0 aromatic heterocycles. The van der Waals surface area contributed by atoms with Gasteiger partial charge >= 0.3 is 0 Å². The summed E-state index contributed by atoms with van der Waals surface area (Å²) in [6.45, 7) is 0.144. The molecule has 0 bridgehead atoms. The van der Waals surface area contributed by atoms with Crippen molar-refractivity contribution in [3.05, 3.63) is 71.1 Å². The fraction of sp³-hybridized carbons (Fsp3) is 0.320. The van der Waals surface area contributed by atoms with Gasteiger partial charge in [-0.2, -0.15) is 0 Å². The van der Waals surface area contributed by atoms with Crippen molar-refractivity contribution in [2.45, 2.75) is 38.3 Å². The minimum absolute atomic E-state index is 0.0765. The summed E-state index contributed by atoms with van der Waals surface area (Å²) >= 11 is 0. The fourth-order valence-corrected chi connectivity index (χ4v) is 4.20. The quantitative estimate of drug-likeness (QED) is 0.445. The molecule has 8 heteroatoms. The number of para-hydroxylation sites is 1. The van der Waals surface area contributed by atoms with Crippen molar-refractivity contribution in [1.29, 1.82) is 0 Å². The molecule has 2 aliphatic rings. The van der Waals surface area contributed by atoms with Gasteiger partial charge in [-0.15, -0.1) is 0 Å². The smallest absolute Gasteiger partial charge is 0.279 e. The Morgan fingerprint density at radius 2 is 1.67 bits per heavy atom. The molecule has 0 atom stereocenters. The van der Waals surface area contributed by atoms with Crippen molar-refractivity contribution in [3.63, 3.8) is 0 Å². The zero-order valence-electron chi connectivity index (χ0n) is 18.8. The van der Waals surface area contributed by atoms with E-state index in [1.807, 2.05) is 30.3 Å². The highest BCUT2D eigenvalue weighted by atomic mass is 16.3. The number of phenols is 1. The van der Waals surface area contributed by atoms with Crippen LogP contribution in [0.3, 0.4) is 0 Å². The van der Waals surface area contributed by atoms with Crippen molar-refractivity contribution in [1.82, 2.24) is 15.1 Å². The lowest BCUT2D eigenvalue weighted by Gasteiger charge is -2.17. The number of benzene rings is 2. The van der Waals surface area contributed by atoms with Gasteiger partial charge in [-0.25, -0.2) is 0 Å². The number of hydrogen-bond acceptors (Lipinski definition) is 6. The van der Waals surface area contributed by atoms with E-state index in [2.05, 4.69) is 10.6 Å². The molecule has 0 unspecified atom stereocenters. The summed E-state index contributed by atoms with van der Waals surface area (Å²) in [5, 5.41) is 16.9. The van der Waals surface area contributed by atoms with Gasteiger partial charge in [0.25, 0.3) is 17.7 Å². The molecule has 2 aromatic carbocycles. The van der Waals surface area contributed by atoms with E-state index < -0.39 is 11.8 Å². The molecule has 0 radical (unpaired) electrons. The molecular formula is C25H28N4O4. The number of rotatable bonds is 7. The molecule has 172 valence electrons. The normalized spacial score (nSPS) is 16.5. The zero-order valence-corrected chi connectivity index (χ0v) is 18.8. The maximum absolute atomic E-state index is 13.3. The van der Waals surface area contributed by atoms with Gasteiger partial charge in [-0.05, 0) is 30.5 Å². The summed E-state index contributed by atoms with van der Waals surface area (Å²) in [6, 6.07) is 14.1. The highest BCUT2D eigenvalue weighted by Crippen LogP contribution is 2.32. The van der Waals surface area contributed by atoms with Crippen LogP contribution in [0.2, 0.25) is 0 Å². The molecule has 0 spiro atoms. The molecule has 8 nitrogen and oxygen atoms in total. The molecular weight excluding hydrogens is 420 g/mol. The summed E-state index contributed by atoms with van der Waals surface area (Å²) in [4.78, 5) is 41.6. The Kier molecular flexibility index (Phi) is 6.35. The van der Waals surface area contributed by atoms with E-state index in [4.69, 9.17) is 0 Å². The fourth-order valence-electron chi connectivity index (χ4n) is 4.20. The Balaban J connectivity index is 1.67. The number of imide groups is 1. The number of amides is 3. The third kappa shape index (κ3) is 4.55. The molecule has 0 saturated heterocycles. The lowest BCUT2D eigenvalue weighted by Crippen LogP contribution is -2.35. The summed E-state index contributed by atoms with van der Waals surface area (Å²) in [5.74, 6) is -1.52. The van der Waals surface area contributed by atoms with Gasteiger partial charge in [-0.3, -0.25) is 19.3 Å². The third-order valence-electron chi connectivity index (χ3n) is 5.99. The highest BCUT2D eigenvalue weighted by molar-refractivity contribution is 6.20. The van der Waals surface area contributed by atoms with Crippen molar-refractivity contribution in [2.24, 2.45) is 0 Å². The van der Waals surface area contributed by atoms with Crippen LogP contribution in [0, 0.1) is 0 Å². The summed E-state index contributed by atoms with van der Waals surface area (Å²) in [6.07, 6.45) is 3.99. The molecule has 1 aliphatic heterocycles. The Labute approximate surface area is 192 Å². The number of nitrogens with one attached hydrogen (secondary N) is 2. The number of phenolic OH excluding ortho intramolecular Hbond substituents is 1. The number of aromatic hydroxyl groups is 1. The van der Waals surface area contributed by atoms with Crippen molar-refractivity contribution in [3.8, 4) is 5.75 Å². The second-order valence-electron chi connectivity index (χ2n) is 8.58. The first-order valence-corrected chi connectivity index (χ1v) is 11.1. The van der Waals surface area contributed by atoms with Gasteiger partial charge in [0.05, 0.1) is 17.8 Å². The van der Waals surface area contributed by atoms with Crippen LogP contribution in [-0.2, 0) is 16.1 Å². The van der Waals surface area contributed by atoms with Crippen LogP contribution < -0.4 is 10.6 Å². The monoisotopic (exact) mass is 448 g/mol. The summed E-state index contributed by atoms with van der Waals surface area (Å²) < 4.78 is 0. The molecule has 4 rings (SSSR count). The van der Waals surface area contributed by atoms with Gasteiger partial charge in [0.1, 0.15) is 11.4 Å². The largest absolute Gasteiger partial charge is 0.505 e. The second-order valence-corrected chi connectivity index (χ2v) is 8.58. The average Bonchev–Trinajstić information content (AvgIpc) is 3.39. The van der Waals surface area contributed by atoms with Gasteiger partial charge in [0.2, 0.25) is 0 Å². The predicted octanol–water partition coefficient (Wildman–Crippen LogP) is 2.82. The number of carbonyl (C=O) groups excluding carboxylic acids is 3. The summed E-state index contributed by atoms with van der Waals surface area (Å²) in [7, 11) is 3.18. The van der Waals surface area contributed by atoms with E-state index in [1.165, 1.54) is 15.9 Å². The SMILES string of the molecule is CN(C)C(=O)c1cccc(NC2=C(NC3CCCC3)C(=O)N(Cc3ccccc3)C2=O)c1O. The number of hydrogen-bond donors (Lipinski definition) is 3. The van der Waals surface area contributed by atoms with Crippen LogP contribution in [-0.4, -0.2) is 52.8 Å². The van der Waals surface area contributed by atoms with Crippen LogP contribution in [0.5, 0.6) is 5.75 Å². The van der Waals surface area contributed by atoms with Crippen LogP contribution in [0.15, 0.2) is 59.9 Å². The first-order valence-electron chi connectivity index (χ1n) is 11.1. The lowest BCUT2D eigenvalue weighted by atomic mass is 10.1. The van der Waals surface area contributed by atoms with Gasteiger partial charge < -0.3 is 20.6 Å². The minimum Gasteiger partial charge on any atom is -0.505 e. The lowest BCUT2D eigenvalue weighted by molar-refractivity contribution is -0.138. The first-order chi connectivity index (χ1) is 15.9. The van der Waals surface area contributed by atoms with Crippen LogP contribution in [0.25, 0.3) is 0 Å². The molecule has 33 heavy (non-hydrogen) atoms. The molecule has 1 saturated carbocycles. The molecule has 1 aliphatic carbocycles. The van der Waals surface area contributed by atoms with Crippen molar-refractivity contribution >= 4 is 23.4 Å². The number of nitrogens with zero attached hydrogens (tertiary/aromatic N) is 2. The molecule has 3 N–H and O–H groups in total. The van der Waals surface area contributed by atoms with E-state index in [9.17, 15) is 19.5 Å². The Morgan fingerprint density at radius 3 is 2.33 bits per heavy atom. The first kappa shape index (κ1) is 22.4. The van der Waals surface area contributed by atoms with Crippen LogP contribution >= 0.6 is 0 Å². The molecule has 1 fully saturated rings. The van der Waals surface area contributed by atoms with Crippen LogP contribution in [0.4, 0.5) is 5.69 Å². The van der Waals surface area contributed by atoms with E-state index >= 15 is 0 Å². The van der Waals surface area contributed by atoms with E-state index in [1.54, 1.807) is 26.2 Å². The van der Waals surface area contributed by atoms with E-state index in [-0.39, 0.29) is 46.9 Å². The Hall–Kier alpha value is -3.81. The number of carbonyl (C=O) groups is 3. The Bertz CT molecular complexity index is 1100. The second kappa shape index (κ2) is 9.36. The Morgan fingerprint density at radius 1 is 1.00 bits per heavy atom. The maximum Gasteiger partial charge on any atom is 0.279 e. The molecule has 2 aromatic rings. The minimum atomic E-state index is -0.479. The van der Waals surface area contributed by atoms with E-state index in [0.717, 1.165) is 31.2 Å². The average molecular weight is 449 g/mol. The topological polar surface area (TPSA) is 102 Å². The van der Waals surface area contributed by atoms with Crippen molar-refractivity contribution in [2.75, 3.05) is 19.4 Å². The molecule has 3 amide bonds. The van der Waals surface area contributed by atoms with E-state index in [0.29, 0.717) is 0 Å². The summed E-state index contributed by atoms with van der Waals surface area (Å²) in [5.41, 5.74) is 1.40. The standard InChI is InChI=1S/C25H28N4O4/c1-28(2)23(31)18-13-8-14-19(22(18)30)27-21-20(26-17-11-6-7-12-17)24(32)29(25(21)33)15-16-9-4-3-5-10-16/h3-5,8-10,13-14,17,26-27,30H,6-7,11-12,15H2,1-2H3. The maximum atomic E-state index is 13.3. The third-order valence-corrected chi connectivity index (χ3v) is 5.99. The zero-order chi connectivity index (χ0) is 23.5.